The van der Waals surface area contributed by atoms with Crippen LogP contribution < -0.4 is 15.4 Å². The topological polar surface area (TPSA) is 71.4 Å². The summed E-state index contributed by atoms with van der Waals surface area (Å²) >= 11 is 3.15. The van der Waals surface area contributed by atoms with E-state index in [1.54, 1.807) is 29.8 Å². The Kier molecular flexibility index (Phi) is 4.62. The Morgan fingerprint density at radius 2 is 2.04 bits per heavy atom. The second kappa shape index (κ2) is 7.20. The normalized spacial score (nSPS) is 13.9. The Morgan fingerprint density at radius 1 is 1.16 bits per heavy atom. The fraction of sp³-hybridized carbons (Fsp3) is 0.235. The summed E-state index contributed by atoms with van der Waals surface area (Å²) in [6.45, 7) is 1.80. The molecule has 2 aromatic heterocycles. The minimum Gasteiger partial charge on any atom is -0.497 e. The number of nitrogens with zero attached hydrogens (tertiary/aromatic N) is 3. The molecule has 0 radical (unpaired) electrons. The summed E-state index contributed by atoms with van der Waals surface area (Å²) in [6.07, 6.45) is 1.07. The lowest BCUT2D eigenvalue weighted by Crippen LogP contribution is -2.35. The lowest BCUT2D eigenvalue weighted by molar-refractivity contribution is 0.415. The number of aliphatic imine (C=N–C) groups is 1. The third kappa shape index (κ3) is 3.64. The number of guanidine groups is 1. The number of hydrogen-bond donors (Lipinski definition) is 2. The fourth-order valence-corrected chi connectivity index (χ4v) is 3.96. The third-order valence-corrected chi connectivity index (χ3v) is 5.36. The molecule has 0 fully saturated rings. The molecule has 1 aromatic carbocycles. The minimum absolute atomic E-state index is 0.794. The largest absolute Gasteiger partial charge is 0.497 e. The van der Waals surface area contributed by atoms with Gasteiger partial charge in [0.1, 0.15) is 22.1 Å². The number of hydrogen-bond acceptors (Lipinski definition) is 8. The van der Waals surface area contributed by atoms with E-state index in [1.165, 1.54) is 0 Å². The number of thiazole rings is 2. The zero-order chi connectivity index (χ0) is 17.1. The van der Waals surface area contributed by atoms with E-state index in [-0.39, 0.29) is 0 Å². The predicted molar refractivity (Wildman–Crippen MR) is 104 cm³/mol. The van der Waals surface area contributed by atoms with E-state index in [0.717, 1.165) is 58.3 Å². The molecule has 6 nitrogen and oxygen atoms in total. The van der Waals surface area contributed by atoms with Gasteiger partial charge >= 0.3 is 0 Å². The molecular weight excluding hydrogens is 354 g/mol. The molecule has 0 bridgehead atoms. The van der Waals surface area contributed by atoms with E-state index in [4.69, 9.17) is 9.72 Å². The number of anilines is 1. The number of nitrogens with one attached hydrogen (secondary N) is 2. The summed E-state index contributed by atoms with van der Waals surface area (Å²) in [6, 6.07) is 7.92. The monoisotopic (exact) mass is 371 g/mol. The Hall–Kier alpha value is -2.45. The van der Waals surface area contributed by atoms with Gasteiger partial charge in [-0.05, 0) is 18.6 Å². The van der Waals surface area contributed by atoms with Crippen LogP contribution in [0.25, 0.3) is 22.0 Å². The molecule has 8 heteroatoms. The maximum atomic E-state index is 5.28. The van der Waals surface area contributed by atoms with Gasteiger partial charge in [0.25, 0.3) is 0 Å². The van der Waals surface area contributed by atoms with Gasteiger partial charge in [-0.2, -0.15) is 0 Å². The van der Waals surface area contributed by atoms with Crippen molar-refractivity contribution in [1.82, 2.24) is 15.3 Å². The van der Waals surface area contributed by atoms with Crippen LogP contribution in [-0.4, -0.2) is 36.1 Å². The quantitative estimate of drug-likeness (QED) is 0.732. The van der Waals surface area contributed by atoms with Crippen molar-refractivity contribution in [3.63, 3.8) is 0 Å². The molecule has 4 rings (SSSR count). The molecule has 3 aromatic rings. The molecule has 3 heterocycles. The number of benzene rings is 1. The molecule has 1 aliphatic heterocycles. The van der Waals surface area contributed by atoms with Gasteiger partial charge in [-0.15, -0.1) is 22.7 Å². The summed E-state index contributed by atoms with van der Waals surface area (Å²) in [5, 5.41) is 12.3. The number of aromatic nitrogens is 2. The highest BCUT2D eigenvalue weighted by atomic mass is 32.1. The molecular formula is C17H17N5OS2. The highest BCUT2D eigenvalue weighted by Gasteiger charge is 2.12. The van der Waals surface area contributed by atoms with Crippen molar-refractivity contribution in [2.75, 3.05) is 25.5 Å². The Morgan fingerprint density at radius 3 is 2.88 bits per heavy atom. The SMILES string of the molecule is COc1cccc(-c2nc(-c3csc(NC4=NCCCN4)n3)cs2)c1. The molecule has 0 atom stereocenters. The van der Waals surface area contributed by atoms with Crippen LogP contribution in [0.4, 0.5) is 5.13 Å². The maximum Gasteiger partial charge on any atom is 0.197 e. The van der Waals surface area contributed by atoms with E-state index in [1.807, 2.05) is 35.0 Å². The van der Waals surface area contributed by atoms with Gasteiger partial charge in [-0.25, -0.2) is 9.97 Å². The van der Waals surface area contributed by atoms with Crippen LogP contribution in [0, 0.1) is 0 Å². The van der Waals surface area contributed by atoms with Crippen molar-refractivity contribution in [3.8, 4) is 27.7 Å². The van der Waals surface area contributed by atoms with E-state index in [2.05, 4.69) is 20.6 Å². The predicted octanol–water partition coefficient (Wildman–Crippen LogP) is 3.70. The van der Waals surface area contributed by atoms with Gasteiger partial charge < -0.3 is 15.4 Å². The number of methoxy groups -OCH3 is 1. The average molecular weight is 371 g/mol. The summed E-state index contributed by atoms with van der Waals surface area (Å²) < 4.78 is 5.28. The number of rotatable bonds is 4. The molecule has 0 unspecified atom stereocenters. The highest BCUT2D eigenvalue weighted by molar-refractivity contribution is 7.14. The van der Waals surface area contributed by atoms with Gasteiger partial charge in [-0.1, -0.05) is 12.1 Å². The first-order valence-corrected chi connectivity index (χ1v) is 9.69. The molecule has 2 N–H and O–H groups in total. The lowest BCUT2D eigenvalue weighted by Gasteiger charge is -2.13. The van der Waals surface area contributed by atoms with Crippen molar-refractivity contribution in [3.05, 3.63) is 35.0 Å². The first-order valence-electron chi connectivity index (χ1n) is 7.93. The zero-order valence-electron chi connectivity index (χ0n) is 13.7. The summed E-state index contributed by atoms with van der Waals surface area (Å²) in [4.78, 5) is 13.7. The first-order chi connectivity index (χ1) is 12.3. The Balaban J connectivity index is 1.53. The van der Waals surface area contributed by atoms with E-state index in [9.17, 15) is 0 Å². The van der Waals surface area contributed by atoms with Gasteiger partial charge in [0.05, 0.1) is 7.11 Å². The maximum absolute atomic E-state index is 5.28. The highest BCUT2D eigenvalue weighted by Crippen LogP contribution is 2.31. The van der Waals surface area contributed by atoms with Gasteiger partial charge in [-0.3, -0.25) is 4.99 Å². The molecule has 25 heavy (non-hydrogen) atoms. The van der Waals surface area contributed by atoms with Crippen molar-refractivity contribution in [2.45, 2.75) is 6.42 Å². The first kappa shape index (κ1) is 16.0. The van der Waals surface area contributed by atoms with Gasteiger partial charge in [0.15, 0.2) is 11.1 Å². The van der Waals surface area contributed by atoms with Crippen LogP contribution in [0.5, 0.6) is 5.75 Å². The van der Waals surface area contributed by atoms with Gasteiger partial charge in [0.2, 0.25) is 0 Å². The van der Waals surface area contributed by atoms with E-state index in [0.29, 0.717) is 0 Å². The second-order valence-corrected chi connectivity index (χ2v) is 7.16. The molecule has 0 spiro atoms. The smallest absolute Gasteiger partial charge is 0.197 e. The molecule has 1 aliphatic rings. The summed E-state index contributed by atoms with van der Waals surface area (Å²) in [5.41, 5.74) is 2.80. The van der Waals surface area contributed by atoms with Crippen LogP contribution in [0.15, 0.2) is 40.0 Å². The Labute approximate surface area is 153 Å². The Bertz CT molecular complexity index is 902. The molecule has 128 valence electrons. The fourth-order valence-electron chi connectivity index (χ4n) is 2.45. The molecule has 0 amide bonds. The van der Waals surface area contributed by atoms with E-state index < -0.39 is 0 Å². The van der Waals surface area contributed by atoms with Gasteiger partial charge in [0, 0.05) is 29.4 Å². The van der Waals surface area contributed by atoms with Crippen molar-refractivity contribution in [2.24, 2.45) is 4.99 Å². The van der Waals surface area contributed by atoms with Crippen molar-refractivity contribution >= 4 is 33.8 Å². The molecule has 0 aliphatic carbocycles. The summed E-state index contributed by atoms with van der Waals surface area (Å²) in [7, 11) is 1.67. The number of ether oxygens (including phenoxy) is 1. The van der Waals surface area contributed by atoms with Crippen molar-refractivity contribution in [1.29, 1.82) is 0 Å². The third-order valence-electron chi connectivity index (χ3n) is 3.71. The zero-order valence-corrected chi connectivity index (χ0v) is 15.3. The lowest BCUT2D eigenvalue weighted by atomic mass is 10.2. The van der Waals surface area contributed by atoms with E-state index >= 15 is 0 Å². The average Bonchev–Trinajstić information content (AvgIpc) is 3.32. The van der Waals surface area contributed by atoms with Crippen LogP contribution in [0.3, 0.4) is 0 Å². The summed E-state index contributed by atoms with van der Waals surface area (Å²) in [5.74, 6) is 1.62. The standard InChI is InChI=1S/C17H17N5OS2/c1-23-12-5-2-4-11(8-12)15-20-13(9-24-15)14-10-25-17(21-14)22-16-18-6-3-7-19-16/h2,4-5,8-10H,3,6-7H2,1H3,(H2,18,19,21,22). The van der Waals surface area contributed by atoms with Crippen LogP contribution in [0.2, 0.25) is 0 Å². The van der Waals surface area contributed by atoms with Crippen LogP contribution >= 0.6 is 22.7 Å². The molecule has 0 saturated heterocycles. The second-order valence-electron chi connectivity index (χ2n) is 5.44. The van der Waals surface area contributed by atoms with Crippen LogP contribution in [-0.2, 0) is 0 Å². The minimum atomic E-state index is 0.794. The molecule has 0 saturated carbocycles. The van der Waals surface area contributed by atoms with Crippen LogP contribution in [0.1, 0.15) is 6.42 Å². The van der Waals surface area contributed by atoms with Crippen molar-refractivity contribution < 1.29 is 4.74 Å².